The number of benzene rings is 3. The van der Waals surface area contributed by atoms with Gasteiger partial charge in [-0.05, 0) is 85.5 Å². The predicted molar refractivity (Wildman–Crippen MR) is 177 cm³/mol. The lowest BCUT2D eigenvalue weighted by molar-refractivity contribution is -0.0563. The number of carbonyl (C=O) groups is 2. The lowest BCUT2D eigenvalue weighted by atomic mass is 9.72. The molecular weight excluding hydrogens is 574 g/mol. The van der Waals surface area contributed by atoms with Crippen LogP contribution in [-0.2, 0) is 29.7 Å². The lowest BCUT2D eigenvalue weighted by Gasteiger charge is -2.44. The van der Waals surface area contributed by atoms with E-state index in [1.807, 2.05) is 54.4 Å². The van der Waals surface area contributed by atoms with E-state index in [9.17, 15) is 14.7 Å². The van der Waals surface area contributed by atoms with E-state index in [4.69, 9.17) is 16.3 Å². The van der Waals surface area contributed by atoms with Crippen LogP contribution in [0.3, 0.4) is 0 Å². The van der Waals surface area contributed by atoms with Crippen molar-refractivity contribution in [3.8, 4) is 11.1 Å². The van der Waals surface area contributed by atoms with E-state index < -0.39 is 11.7 Å². The quantitative estimate of drug-likeness (QED) is 0.196. The zero-order valence-electron chi connectivity index (χ0n) is 26.4. The molecule has 3 N–H and O–H groups in total. The fraction of sp³-hybridized carbons (Fsp3) is 0.444. The minimum atomic E-state index is -1.30. The molecule has 3 aromatic rings. The van der Waals surface area contributed by atoms with Crippen LogP contribution in [-0.4, -0.2) is 55.8 Å². The Balaban J connectivity index is 1.71. The average molecular weight is 620 g/mol. The van der Waals surface area contributed by atoms with Gasteiger partial charge < -0.3 is 25.4 Å². The zero-order valence-corrected chi connectivity index (χ0v) is 27.2. The number of carbonyl (C=O) groups excluding carboxylic acids is 2. The van der Waals surface area contributed by atoms with Crippen LogP contribution in [0.15, 0.2) is 60.7 Å². The summed E-state index contributed by atoms with van der Waals surface area (Å²) in [6.45, 7) is 6.34. The number of aliphatic hydroxyl groups is 1. The summed E-state index contributed by atoms with van der Waals surface area (Å²) in [5.41, 5.74) is 5.29. The number of hydrogen-bond acceptors (Lipinski definition) is 5. The molecule has 1 saturated heterocycles. The number of alkyl carbamates (subject to hydrolysis) is 1. The minimum Gasteiger partial charge on any atom is -0.453 e. The van der Waals surface area contributed by atoms with Crippen LogP contribution in [0.1, 0.15) is 72.1 Å². The third kappa shape index (κ3) is 7.63. The molecule has 0 aromatic heterocycles. The first-order valence-electron chi connectivity index (χ1n) is 15.7. The summed E-state index contributed by atoms with van der Waals surface area (Å²) >= 11 is 6.90. The average Bonchev–Trinajstić information content (AvgIpc) is 3.06. The van der Waals surface area contributed by atoms with E-state index in [1.54, 1.807) is 0 Å². The molecule has 44 heavy (non-hydrogen) atoms. The first-order chi connectivity index (χ1) is 21.2. The highest BCUT2D eigenvalue weighted by Gasteiger charge is 2.43. The van der Waals surface area contributed by atoms with Crippen molar-refractivity contribution in [3.63, 3.8) is 0 Å². The van der Waals surface area contributed by atoms with Crippen molar-refractivity contribution in [3.05, 3.63) is 93.5 Å². The van der Waals surface area contributed by atoms with E-state index in [0.29, 0.717) is 37.5 Å². The molecule has 2 amide bonds. The first-order valence-corrected chi connectivity index (χ1v) is 16.1. The Morgan fingerprint density at radius 3 is 2.59 bits per heavy atom. The summed E-state index contributed by atoms with van der Waals surface area (Å²) in [6, 6.07) is 20.0. The Hall–Kier alpha value is -3.39. The highest BCUT2D eigenvalue weighted by atomic mass is 35.5. The third-order valence-electron chi connectivity index (χ3n) is 8.84. The van der Waals surface area contributed by atoms with Crippen LogP contribution >= 0.6 is 11.6 Å². The molecule has 0 unspecified atom stereocenters. The number of rotatable bonds is 12. The molecule has 3 aromatic carbocycles. The molecule has 4 rings (SSSR count). The van der Waals surface area contributed by atoms with E-state index in [2.05, 4.69) is 42.7 Å². The van der Waals surface area contributed by atoms with Gasteiger partial charge in [0.15, 0.2) is 0 Å². The highest BCUT2D eigenvalue weighted by Crippen LogP contribution is 2.46. The number of likely N-dealkylation sites (tertiary alicyclic amines) is 1. The van der Waals surface area contributed by atoms with E-state index in [1.165, 1.54) is 12.7 Å². The number of hydrogen-bond donors (Lipinski definition) is 3. The number of nitrogens with one attached hydrogen (secondary N) is 2. The standard InChI is InChI=1S/C36H46ClN3O4/c1-5-25-11-7-12-28(21-25)33-31(14-8-15-32(33)37)36(43,18-10-19-39-35(42)44-4)29-13-9-20-40(24-29)34(41)30-17-16-26(23-38-3)22-27(30)6-2/h7-8,11-12,14-17,21-22,29,38,43H,5-6,9-10,13,18-20,23-24H2,1-4H3,(H,39,42)/t29-,36+/m1/s1. The van der Waals surface area contributed by atoms with E-state index >= 15 is 0 Å². The van der Waals surface area contributed by atoms with E-state index in [0.717, 1.165) is 65.6 Å². The second kappa shape index (κ2) is 15.6. The highest BCUT2D eigenvalue weighted by molar-refractivity contribution is 6.33. The van der Waals surface area contributed by atoms with Gasteiger partial charge in [0.25, 0.3) is 5.91 Å². The molecule has 7 nitrogen and oxygen atoms in total. The number of halogens is 1. The second-order valence-electron chi connectivity index (χ2n) is 11.6. The molecule has 1 heterocycles. The molecule has 0 bridgehead atoms. The number of methoxy groups -OCH3 is 1. The molecule has 236 valence electrons. The molecule has 1 aliphatic rings. The van der Waals surface area contributed by atoms with Gasteiger partial charge in [0, 0.05) is 48.2 Å². The third-order valence-corrected chi connectivity index (χ3v) is 9.15. The van der Waals surface area contributed by atoms with Gasteiger partial charge in [0.2, 0.25) is 0 Å². The lowest BCUT2D eigenvalue weighted by Crippen LogP contribution is -2.48. The Bertz CT molecular complexity index is 1440. The van der Waals surface area contributed by atoms with E-state index in [-0.39, 0.29) is 11.8 Å². The number of piperidine rings is 1. The minimum absolute atomic E-state index is 0.000713. The maximum Gasteiger partial charge on any atom is 0.406 e. The van der Waals surface area contributed by atoms with Gasteiger partial charge in [0.05, 0.1) is 12.7 Å². The molecule has 2 atom stereocenters. The molecule has 0 spiro atoms. The number of nitrogens with zero attached hydrogens (tertiary/aromatic N) is 1. The van der Waals surface area contributed by atoms with Gasteiger partial charge in [-0.3, -0.25) is 4.79 Å². The largest absolute Gasteiger partial charge is 0.453 e. The second-order valence-corrected chi connectivity index (χ2v) is 12.0. The maximum absolute atomic E-state index is 14.0. The van der Waals surface area contributed by atoms with Gasteiger partial charge in [-0.1, -0.05) is 74.0 Å². The fourth-order valence-electron chi connectivity index (χ4n) is 6.49. The monoisotopic (exact) mass is 619 g/mol. The molecule has 8 heteroatoms. The van der Waals surface area contributed by atoms with Crippen molar-refractivity contribution in [1.82, 2.24) is 15.5 Å². The summed E-state index contributed by atoms with van der Waals surface area (Å²) in [6.07, 6.45) is 3.57. The zero-order chi connectivity index (χ0) is 31.7. The summed E-state index contributed by atoms with van der Waals surface area (Å²) in [4.78, 5) is 27.6. The predicted octanol–water partition coefficient (Wildman–Crippen LogP) is 6.73. The molecule has 0 saturated carbocycles. The van der Waals surface area contributed by atoms with Gasteiger partial charge in [-0.25, -0.2) is 4.79 Å². The van der Waals surface area contributed by atoms with Crippen molar-refractivity contribution in [2.45, 2.75) is 64.5 Å². The van der Waals surface area contributed by atoms with Gasteiger partial charge >= 0.3 is 6.09 Å². The van der Waals surface area contributed by atoms with Crippen LogP contribution in [0, 0.1) is 5.92 Å². The first kappa shape index (κ1) is 33.5. The Kier molecular flexibility index (Phi) is 11.8. The van der Waals surface area contributed by atoms with Crippen LogP contribution < -0.4 is 10.6 Å². The molecular formula is C36H46ClN3O4. The summed E-state index contributed by atoms with van der Waals surface area (Å²) in [5, 5.41) is 19.3. The SMILES string of the molecule is CCc1cccc(-c2c(Cl)cccc2[C@](O)(CCCNC(=O)OC)[C@@H]2CCCN(C(=O)c3ccc(CNC)cc3CC)C2)c1. The van der Waals surface area contributed by atoms with Crippen LogP contribution in [0.5, 0.6) is 0 Å². The molecule has 0 aliphatic carbocycles. The van der Waals surface area contributed by atoms with Gasteiger partial charge in [-0.15, -0.1) is 0 Å². The van der Waals surface area contributed by atoms with Crippen molar-refractivity contribution in [2.24, 2.45) is 5.92 Å². The molecule has 1 aliphatic heterocycles. The summed E-state index contributed by atoms with van der Waals surface area (Å²) < 4.78 is 4.74. The van der Waals surface area contributed by atoms with Crippen molar-refractivity contribution in [1.29, 1.82) is 0 Å². The van der Waals surface area contributed by atoms with Crippen LogP contribution in [0.25, 0.3) is 11.1 Å². The smallest absolute Gasteiger partial charge is 0.406 e. The van der Waals surface area contributed by atoms with Gasteiger partial charge in [0.1, 0.15) is 0 Å². The fourth-order valence-corrected chi connectivity index (χ4v) is 6.77. The van der Waals surface area contributed by atoms with Crippen LogP contribution in [0.4, 0.5) is 4.79 Å². The molecule has 0 radical (unpaired) electrons. The number of aryl methyl sites for hydroxylation is 2. The topological polar surface area (TPSA) is 90.9 Å². The Morgan fingerprint density at radius 1 is 1.07 bits per heavy atom. The summed E-state index contributed by atoms with van der Waals surface area (Å²) in [7, 11) is 3.25. The van der Waals surface area contributed by atoms with Crippen LogP contribution in [0.2, 0.25) is 5.02 Å². The Morgan fingerprint density at radius 2 is 1.86 bits per heavy atom. The number of amides is 2. The van der Waals surface area contributed by atoms with Crippen molar-refractivity contribution < 1.29 is 19.4 Å². The molecule has 1 fully saturated rings. The normalized spacial score (nSPS) is 16.3. The van der Waals surface area contributed by atoms with Crippen molar-refractivity contribution >= 4 is 23.6 Å². The van der Waals surface area contributed by atoms with Crippen molar-refractivity contribution in [2.75, 3.05) is 33.8 Å². The van der Waals surface area contributed by atoms with Gasteiger partial charge in [-0.2, -0.15) is 0 Å². The maximum atomic E-state index is 14.0. The Labute approximate surface area is 267 Å². The summed E-state index contributed by atoms with van der Waals surface area (Å²) in [5.74, 6) is -0.238. The number of ether oxygens (including phenoxy) is 1.